The van der Waals surface area contributed by atoms with Crippen molar-refractivity contribution >= 4 is 21.6 Å². The van der Waals surface area contributed by atoms with Crippen LogP contribution in [0.1, 0.15) is 18.5 Å². The summed E-state index contributed by atoms with van der Waals surface area (Å²) in [5.41, 5.74) is 2.23. The van der Waals surface area contributed by atoms with E-state index in [4.69, 9.17) is 0 Å². The van der Waals surface area contributed by atoms with E-state index in [1.54, 1.807) is 0 Å². The molecule has 0 aromatic carbocycles. The lowest BCUT2D eigenvalue weighted by atomic mass is 10.3. The van der Waals surface area contributed by atoms with Crippen LogP contribution in [0.5, 0.6) is 0 Å². The lowest BCUT2D eigenvalue weighted by Crippen LogP contribution is -2.05. The van der Waals surface area contributed by atoms with Crippen molar-refractivity contribution in [3.8, 4) is 0 Å². The maximum Gasteiger partial charge on any atom is 0.106 e. The van der Waals surface area contributed by atoms with E-state index in [0.717, 1.165) is 28.4 Å². The molecule has 2 nitrogen and oxygen atoms in total. The predicted molar refractivity (Wildman–Crippen MR) is 57.9 cm³/mol. The van der Waals surface area contributed by atoms with Gasteiger partial charge in [-0.2, -0.15) is 0 Å². The van der Waals surface area contributed by atoms with Crippen LogP contribution < -0.4 is 5.32 Å². The summed E-state index contributed by atoms with van der Waals surface area (Å²) in [5.74, 6) is 0.906. The van der Waals surface area contributed by atoms with Crippen LogP contribution in [0, 0.1) is 12.8 Å². The minimum atomic E-state index is 0.905. The Labute approximate surface area is 86.9 Å². The van der Waals surface area contributed by atoms with Crippen LogP contribution in [0.2, 0.25) is 0 Å². The Hall–Kier alpha value is -0.570. The van der Waals surface area contributed by atoms with Gasteiger partial charge in [-0.15, -0.1) is 0 Å². The fourth-order valence-corrected chi connectivity index (χ4v) is 1.69. The molecule has 0 spiro atoms. The predicted octanol–water partition coefficient (Wildman–Crippen LogP) is 2.97. The summed E-state index contributed by atoms with van der Waals surface area (Å²) < 4.78 is 0.905. The molecule has 0 amide bonds. The van der Waals surface area contributed by atoms with E-state index in [1.807, 2.05) is 13.0 Å². The molecule has 3 heteroatoms. The second kappa shape index (κ2) is 3.66. The second-order valence-electron chi connectivity index (χ2n) is 3.59. The largest absolute Gasteiger partial charge is 0.383 e. The maximum absolute atomic E-state index is 4.33. The van der Waals surface area contributed by atoms with E-state index in [0.29, 0.717) is 0 Å². The molecule has 2 rings (SSSR count). The van der Waals surface area contributed by atoms with Crippen molar-refractivity contribution in [2.45, 2.75) is 19.8 Å². The van der Waals surface area contributed by atoms with Crippen molar-refractivity contribution in [1.29, 1.82) is 0 Å². The summed E-state index contributed by atoms with van der Waals surface area (Å²) in [6, 6.07) is 4.05. The van der Waals surface area contributed by atoms with Crippen molar-refractivity contribution in [1.82, 2.24) is 4.98 Å². The van der Waals surface area contributed by atoms with Gasteiger partial charge in [0.2, 0.25) is 0 Å². The lowest BCUT2D eigenvalue weighted by Gasteiger charge is -2.07. The van der Waals surface area contributed by atoms with Crippen LogP contribution in [-0.4, -0.2) is 11.5 Å². The Morgan fingerprint density at radius 2 is 2.31 bits per heavy atom. The van der Waals surface area contributed by atoms with Gasteiger partial charge in [-0.3, -0.25) is 0 Å². The molecule has 1 N–H and O–H groups in total. The molecule has 1 aromatic heterocycles. The first kappa shape index (κ1) is 9.00. The third-order valence-electron chi connectivity index (χ3n) is 2.33. The highest BCUT2D eigenvalue weighted by molar-refractivity contribution is 9.10. The molecule has 13 heavy (non-hydrogen) atoms. The van der Waals surface area contributed by atoms with Crippen LogP contribution in [0.25, 0.3) is 0 Å². The van der Waals surface area contributed by atoms with Gasteiger partial charge in [0.25, 0.3) is 0 Å². The molecule has 0 radical (unpaired) electrons. The molecule has 0 atom stereocenters. The summed E-state index contributed by atoms with van der Waals surface area (Å²) in [6.07, 6.45) is 2.77. The highest BCUT2D eigenvalue weighted by Crippen LogP contribution is 2.29. The highest BCUT2D eigenvalue weighted by Gasteiger charge is 2.20. The second-order valence-corrected chi connectivity index (χ2v) is 4.40. The first-order valence-electron chi connectivity index (χ1n) is 4.63. The van der Waals surface area contributed by atoms with Crippen LogP contribution in [0.3, 0.4) is 0 Å². The van der Waals surface area contributed by atoms with Crippen molar-refractivity contribution in [2.24, 2.45) is 5.92 Å². The molecule has 1 heterocycles. The smallest absolute Gasteiger partial charge is 0.106 e. The monoisotopic (exact) mass is 240 g/mol. The third kappa shape index (κ3) is 2.44. The standard InChI is InChI=1S/C10H13BrN2/c1-7-9(4-5-10(11)13-7)12-6-8-2-3-8/h4-5,8,12H,2-3,6H2,1H3. The summed E-state index contributed by atoms with van der Waals surface area (Å²) in [6.45, 7) is 3.13. The Bertz CT molecular complexity index is 308. The molecule has 0 aliphatic heterocycles. The summed E-state index contributed by atoms with van der Waals surface area (Å²) in [4.78, 5) is 4.33. The molecule has 0 bridgehead atoms. The first-order valence-corrected chi connectivity index (χ1v) is 5.42. The Morgan fingerprint density at radius 1 is 1.54 bits per heavy atom. The van der Waals surface area contributed by atoms with Gasteiger partial charge in [-0.05, 0) is 53.7 Å². The van der Waals surface area contributed by atoms with Gasteiger partial charge in [0.15, 0.2) is 0 Å². The zero-order valence-electron chi connectivity index (χ0n) is 7.68. The summed E-state index contributed by atoms with van der Waals surface area (Å²) in [7, 11) is 0. The number of anilines is 1. The molecular weight excluding hydrogens is 228 g/mol. The highest BCUT2D eigenvalue weighted by atomic mass is 79.9. The number of hydrogen-bond acceptors (Lipinski definition) is 2. The zero-order valence-corrected chi connectivity index (χ0v) is 9.26. The number of nitrogens with one attached hydrogen (secondary N) is 1. The van der Waals surface area contributed by atoms with Gasteiger partial charge >= 0.3 is 0 Å². The van der Waals surface area contributed by atoms with Crippen molar-refractivity contribution < 1.29 is 0 Å². The topological polar surface area (TPSA) is 24.9 Å². The Morgan fingerprint density at radius 3 is 2.92 bits per heavy atom. The number of aromatic nitrogens is 1. The first-order chi connectivity index (χ1) is 6.25. The molecular formula is C10H13BrN2. The van der Waals surface area contributed by atoms with E-state index in [2.05, 4.69) is 32.3 Å². The van der Waals surface area contributed by atoms with E-state index in [1.165, 1.54) is 12.8 Å². The van der Waals surface area contributed by atoms with Gasteiger partial charge in [0.1, 0.15) is 4.60 Å². The fraction of sp³-hybridized carbons (Fsp3) is 0.500. The lowest BCUT2D eigenvalue weighted by molar-refractivity contribution is 0.885. The third-order valence-corrected chi connectivity index (χ3v) is 2.77. The van der Waals surface area contributed by atoms with Crippen molar-refractivity contribution in [2.75, 3.05) is 11.9 Å². The minimum absolute atomic E-state index is 0.905. The number of nitrogens with zero attached hydrogens (tertiary/aromatic N) is 1. The number of halogens is 1. The number of rotatable bonds is 3. The molecule has 1 fully saturated rings. The van der Waals surface area contributed by atoms with Gasteiger partial charge in [0, 0.05) is 6.54 Å². The van der Waals surface area contributed by atoms with Gasteiger partial charge < -0.3 is 5.32 Å². The van der Waals surface area contributed by atoms with Crippen molar-refractivity contribution in [3.63, 3.8) is 0 Å². The summed E-state index contributed by atoms with van der Waals surface area (Å²) >= 11 is 3.35. The van der Waals surface area contributed by atoms with Crippen LogP contribution in [0.4, 0.5) is 5.69 Å². The van der Waals surface area contributed by atoms with Gasteiger partial charge in [-0.25, -0.2) is 4.98 Å². The van der Waals surface area contributed by atoms with Gasteiger partial charge in [0.05, 0.1) is 11.4 Å². The number of aryl methyl sites for hydroxylation is 1. The number of pyridine rings is 1. The minimum Gasteiger partial charge on any atom is -0.383 e. The fourth-order valence-electron chi connectivity index (χ4n) is 1.29. The average molecular weight is 241 g/mol. The SMILES string of the molecule is Cc1nc(Br)ccc1NCC1CC1. The van der Waals surface area contributed by atoms with E-state index in [-0.39, 0.29) is 0 Å². The molecule has 1 aliphatic rings. The average Bonchev–Trinajstić information content (AvgIpc) is 2.86. The zero-order chi connectivity index (χ0) is 9.26. The Balaban J connectivity index is 2.01. The van der Waals surface area contributed by atoms with Crippen LogP contribution in [0.15, 0.2) is 16.7 Å². The molecule has 0 saturated heterocycles. The molecule has 70 valence electrons. The van der Waals surface area contributed by atoms with E-state index >= 15 is 0 Å². The maximum atomic E-state index is 4.33. The van der Waals surface area contributed by atoms with E-state index in [9.17, 15) is 0 Å². The summed E-state index contributed by atoms with van der Waals surface area (Å²) in [5, 5.41) is 3.42. The van der Waals surface area contributed by atoms with Gasteiger partial charge in [-0.1, -0.05) is 0 Å². The molecule has 0 unspecified atom stereocenters. The Kier molecular flexibility index (Phi) is 2.54. The molecule has 1 saturated carbocycles. The number of hydrogen-bond donors (Lipinski definition) is 1. The normalized spacial score (nSPS) is 15.8. The molecule has 1 aromatic rings. The molecule has 1 aliphatic carbocycles. The van der Waals surface area contributed by atoms with Crippen LogP contribution >= 0.6 is 15.9 Å². The van der Waals surface area contributed by atoms with E-state index < -0.39 is 0 Å². The quantitative estimate of drug-likeness (QED) is 0.823. The van der Waals surface area contributed by atoms with Crippen molar-refractivity contribution in [3.05, 3.63) is 22.4 Å². The van der Waals surface area contributed by atoms with Crippen LogP contribution in [-0.2, 0) is 0 Å².